The molecule has 2 aliphatic heterocycles. The smallest absolute Gasteiger partial charge is 0.119 e. The van der Waals surface area contributed by atoms with Crippen molar-refractivity contribution in [1.82, 2.24) is 4.90 Å². The molecule has 136 valence electrons. The van der Waals surface area contributed by atoms with Crippen molar-refractivity contribution < 1.29 is 5.11 Å². The van der Waals surface area contributed by atoms with Gasteiger partial charge in [0.25, 0.3) is 0 Å². The highest BCUT2D eigenvalue weighted by atomic mass is 16.3. The molecule has 2 unspecified atom stereocenters. The quantitative estimate of drug-likeness (QED) is 0.891. The fourth-order valence-corrected chi connectivity index (χ4v) is 5.82. The minimum Gasteiger partial charge on any atom is -0.508 e. The lowest BCUT2D eigenvalue weighted by Gasteiger charge is -2.43. The van der Waals surface area contributed by atoms with Gasteiger partial charge < -0.3 is 10.8 Å². The second-order valence-electron chi connectivity index (χ2n) is 8.77. The van der Waals surface area contributed by atoms with Crippen molar-refractivity contribution in [1.29, 1.82) is 0 Å². The van der Waals surface area contributed by atoms with E-state index in [0.717, 1.165) is 37.8 Å². The Bertz CT molecular complexity index is 778. The Morgan fingerprint density at radius 2 is 1.50 bits per heavy atom. The van der Waals surface area contributed by atoms with Crippen LogP contribution in [-0.4, -0.2) is 34.2 Å². The monoisotopic (exact) mass is 348 g/mol. The molecule has 0 saturated carbocycles. The van der Waals surface area contributed by atoms with E-state index in [1.54, 1.807) is 0 Å². The Kier molecular flexibility index (Phi) is 3.84. The van der Waals surface area contributed by atoms with E-state index in [2.05, 4.69) is 35.2 Å². The number of hydrogen-bond acceptors (Lipinski definition) is 3. The molecule has 3 N–H and O–H groups in total. The predicted molar refractivity (Wildman–Crippen MR) is 104 cm³/mol. The predicted octanol–water partition coefficient (Wildman–Crippen LogP) is 3.60. The molecule has 3 nitrogen and oxygen atoms in total. The molecule has 1 aliphatic carbocycles. The van der Waals surface area contributed by atoms with E-state index < -0.39 is 0 Å². The van der Waals surface area contributed by atoms with Crippen LogP contribution in [-0.2, 0) is 12.8 Å². The van der Waals surface area contributed by atoms with Crippen molar-refractivity contribution in [3.8, 4) is 5.75 Å². The summed E-state index contributed by atoms with van der Waals surface area (Å²) in [5.41, 5.74) is 10.8. The van der Waals surface area contributed by atoms with E-state index in [9.17, 15) is 5.11 Å². The van der Waals surface area contributed by atoms with Gasteiger partial charge in [-0.15, -0.1) is 0 Å². The van der Waals surface area contributed by atoms with Crippen LogP contribution >= 0.6 is 0 Å². The van der Waals surface area contributed by atoms with Crippen LogP contribution in [0.4, 0.5) is 0 Å². The number of nitrogens with zero attached hydrogens (tertiary/aromatic N) is 1. The van der Waals surface area contributed by atoms with Gasteiger partial charge in [0, 0.05) is 24.2 Å². The number of nitrogens with two attached hydrogens (primary N) is 1. The molecule has 2 saturated heterocycles. The lowest BCUT2D eigenvalue weighted by Crippen LogP contribution is -2.55. The van der Waals surface area contributed by atoms with E-state index in [-0.39, 0.29) is 5.54 Å². The van der Waals surface area contributed by atoms with Crippen LogP contribution in [0.1, 0.15) is 48.3 Å². The molecular weight excluding hydrogens is 320 g/mol. The summed E-state index contributed by atoms with van der Waals surface area (Å²) < 4.78 is 0. The number of para-hydroxylation sites is 1. The van der Waals surface area contributed by atoms with Crippen molar-refractivity contribution in [2.24, 2.45) is 5.73 Å². The Hall–Kier alpha value is -1.84. The summed E-state index contributed by atoms with van der Waals surface area (Å²) in [6.07, 6.45) is 6.85. The molecule has 2 fully saturated rings. The van der Waals surface area contributed by atoms with Gasteiger partial charge in [0.2, 0.25) is 0 Å². The Morgan fingerprint density at radius 1 is 0.923 bits per heavy atom. The Morgan fingerprint density at radius 3 is 2.12 bits per heavy atom. The summed E-state index contributed by atoms with van der Waals surface area (Å²) in [4.78, 5) is 2.71. The number of phenolic OH excluding ortho intramolecular Hbond substituents is 1. The molecule has 0 amide bonds. The van der Waals surface area contributed by atoms with Crippen LogP contribution in [0.25, 0.3) is 0 Å². The molecular formula is C23H28N2O. The molecule has 5 rings (SSSR count). The van der Waals surface area contributed by atoms with Crippen LogP contribution < -0.4 is 5.73 Å². The van der Waals surface area contributed by atoms with Gasteiger partial charge in [0.05, 0.1) is 0 Å². The highest BCUT2D eigenvalue weighted by Crippen LogP contribution is 2.46. The maximum Gasteiger partial charge on any atom is 0.119 e. The van der Waals surface area contributed by atoms with Crippen molar-refractivity contribution >= 4 is 0 Å². The molecule has 3 heteroatoms. The molecule has 2 atom stereocenters. The summed E-state index contributed by atoms with van der Waals surface area (Å²) in [5, 5.41) is 10.3. The fraction of sp³-hybridized carbons (Fsp3) is 0.478. The molecule has 0 aromatic heterocycles. The standard InChI is InChI=1S/C23H28N2O/c24-23(13-16-5-1-2-6-17(16)14-23)15-25-19-9-10-20(25)12-18(11-19)21-7-3-4-8-22(21)26/h1-8,18-20,26H,9-15,24H2. The van der Waals surface area contributed by atoms with Gasteiger partial charge in [0.1, 0.15) is 5.75 Å². The summed E-state index contributed by atoms with van der Waals surface area (Å²) in [6, 6.07) is 17.9. The molecule has 2 aromatic carbocycles. The van der Waals surface area contributed by atoms with Gasteiger partial charge >= 0.3 is 0 Å². The number of rotatable bonds is 3. The van der Waals surface area contributed by atoms with Gasteiger partial charge in [-0.25, -0.2) is 0 Å². The molecule has 2 bridgehead atoms. The highest BCUT2D eigenvalue weighted by molar-refractivity contribution is 5.37. The maximum atomic E-state index is 10.3. The van der Waals surface area contributed by atoms with Gasteiger partial charge in [-0.3, -0.25) is 4.90 Å². The summed E-state index contributed by atoms with van der Waals surface area (Å²) in [7, 11) is 0. The summed E-state index contributed by atoms with van der Waals surface area (Å²) in [6.45, 7) is 1.00. The average molecular weight is 348 g/mol. The van der Waals surface area contributed by atoms with Gasteiger partial charge in [-0.1, -0.05) is 42.5 Å². The van der Waals surface area contributed by atoms with E-state index in [4.69, 9.17) is 5.73 Å². The SMILES string of the molecule is NC1(CN2C3CCC2CC(c2ccccc2O)C3)Cc2ccccc2C1. The van der Waals surface area contributed by atoms with Crippen LogP contribution in [0.2, 0.25) is 0 Å². The number of piperidine rings is 1. The number of benzene rings is 2. The molecule has 3 aliphatic rings. The first-order valence-electron chi connectivity index (χ1n) is 10.0. The second-order valence-corrected chi connectivity index (χ2v) is 8.77. The molecule has 2 aromatic rings. The zero-order valence-electron chi connectivity index (χ0n) is 15.3. The number of hydrogen-bond donors (Lipinski definition) is 2. The van der Waals surface area contributed by atoms with Crippen molar-refractivity contribution in [3.05, 3.63) is 65.2 Å². The average Bonchev–Trinajstić information content (AvgIpc) is 3.06. The van der Waals surface area contributed by atoms with Gasteiger partial charge in [-0.05, 0) is 67.2 Å². The number of phenols is 1. The van der Waals surface area contributed by atoms with Gasteiger partial charge in [0.15, 0.2) is 0 Å². The van der Waals surface area contributed by atoms with E-state index in [0.29, 0.717) is 23.8 Å². The molecule has 26 heavy (non-hydrogen) atoms. The highest BCUT2D eigenvalue weighted by Gasteiger charge is 2.45. The third-order valence-electron chi connectivity index (χ3n) is 6.96. The van der Waals surface area contributed by atoms with Crippen LogP contribution in [0.15, 0.2) is 48.5 Å². The van der Waals surface area contributed by atoms with E-state index in [1.165, 1.54) is 24.0 Å². The number of fused-ring (bicyclic) bond motifs is 3. The fourth-order valence-electron chi connectivity index (χ4n) is 5.82. The lowest BCUT2D eigenvalue weighted by molar-refractivity contribution is 0.0971. The molecule has 0 spiro atoms. The van der Waals surface area contributed by atoms with Gasteiger partial charge in [-0.2, -0.15) is 0 Å². The lowest BCUT2D eigenvalue weighted by atomic mass is 9.83. The Balaban J connectivity index is 1.32. The third kappa shape index (κ3) is 2.74. The maximum absolute atomic E-state index is 10.3. The van der Waals surface area contributed by atoms with Crippen molar-refractivity contribution in [2.45, 2.75) is 62.1 Å². The topological polar surface area (TPSA) is 49.5 Å². The normalized spacial score (nSPS) is 29.7. The first kappa shape index (κ1) is 16.3. The largest absolute Gasteiger partial charge is 0.508 e. The van der Waals surface area contributed by atoms with Crippen LogP contribution in [0, 0.1) is 0 Å². The minimum absolute atomic E-state index is 0.119. The van der Waals surface area contributed by atoms with Crippen LogP contribution in [0.3, 0.4) is 0 Å². The third-order valence-corrected chi connectivity index (χ3v) is 6.96. The van der Waals surface area contributed by atoms with E-state index in [1.807, 2.05) is 18.2 Å². The molecule has 2 heterocycles. The minimum atomic E-state index is -0.119. The van der Waals surface area contributed by atoms with E-state index >= 15 is 0 Å². The van der Waals surface area contributed by atoms with Crippen LogP contribution in [0.5, 0.6) is 5.75 Å². The zero-order valence-corrected chi connectivity index (χ0v) is 15.3. The van der Waals surface area contributed by atoms with Crippen molar-refractivity contribution in [2.75, 3.05) is 6.54 Å². The first-order chi connectivity index (χ1) is 12.6. The second kappa shape index (κ2) is 6.11. The zero-order chi connectivity index (χ0) is 17.7. The summed E-state index contributed by atoms with van der Waals surface area (Å²) >= 11 is 0. The Labute approximate surface area is 155 Å². The number of aromatic hydroxyl groups is 1. The summed E-state index contributed by atoms with van der Waals surface area (Å²) in [5.74, 6) is 0.950. The van der Waals surface area contributed by atoms with Crippen molar-refractivity contribution in [3.63, 3.8) is 0 Å². The molecule has 0 radical (unpaired) electrons. The first-order valence-corrected chi connectivity index (χ1v) is 10.0.